The first-order valence-corrected chi connectivity index (χ1v) is 8.30. The molecule has 104 valence electrons. The standard InChI is InChI=1S/C15H19Br2NO/c1-10-3-6-12(7-4-10)18(2)15(19)13-9-11(16)5-8-14(13)17/h5,8-10,12H,3-4,6-7H2,1-2H3. The van der Waals surface area contributed by atoms with Crippen LogP contribution >= 0.6 is 31.9 Å². The molecule has 0 spiro atoms. The van der Waals surface area contributed by atoms with Gasteiger partial charge in [0.15, 0.2) is 0 Å². The molecule has 0 aliphatic heterocycles. The van der Waals surface area contributed by atoms with E-state index in [1.807, 2.05) is 30.1 Å². The maximum atomic E-state index is 12.6. The highest BCUT2D eigenvalue weighted by atomic mass is 79.9. The molecule has 0 saturated heterocycles. The average Bonchev–Trinajstić information content (AvgIpc) is 2.41. The molecular weight excluding hydrogens is 370 g/mol. The summed E-state index contributed by atoms with van der Waals surface area (Å²) in [4.78, 5) is 14.5. The average molecular weight is 389 g/mol. The van der Waals surface area contributed by atoms with Crippen molar-refractivity contribution < 1.29 is 4.79 Å². The number of hydrogen-bond donors (Lipinski definition) is 0. The summed E-state index contributed by atoms with van der Waals surface area (Å²) >= 11 is 6.89. The van der Waals surface area contributed by atoms with Crippen LogP contribution in [-0.4, -0.2) is 23.9 Å². The Labute approximate surface area is 131 Å². The van der Waals surface area contributed by atoms with E-state index in [-0.39, 0.29) is 5.91 Å². The fraction of sp³-hybridized carbons (Fsp3) is 0.533. The number of carbonyl (C=O) groups excluding carboxylic acids is 1. The Balaban J connectivity index is 2.12. The van der Waals surface area contributed by atoms with Gasteiger partial charge in [0, 0.05) is 22.0 Å². The zero-order valence-electron chi connectivity index (χ0n) is 11.3. The summed E-state index contributed by atoms with van der Waals surface area (Å²) < 4.78 is 1.79. The van der Waals surface area contributed by atoms with Gasteiger partial charge in [0.2, 0.25) is 0 Å². The molecule has 1 saturated carbocycles. The number of carbonyl (C=O) groups is 1. The molecule has 0 heterocycles. The van der Waals surface area contributed by atoms with Crippen LogP contribution in [0.4, 0.5) is 0 Å². The molecule has 2 rings (SSSR count). The van der Waals surface area contributed by atoms with Crippen molar-refractivity contribution in [3.05, 3.63) is 32.7 Å². The molecule has 19 heavy (non-hydrogen) atoms. The highest BCUT2D eigenvalue weighted by Crippen LogP contribution is 2.29. The number of rotatable bonds is 2. The summed E-state index contributed by atoms with van der Waals surface area (Å²) in [5, 5.41) is 0. The molecule has 1 aliphatic carbocycles. The van der Waals surface area contributed by atoms with Gasteiger partial charge in [0.25, 0.3) is 5.91 Å². The summed E-state index contributed by atoms with van der Waals surface area (Å²) in [5.74, 6) is 0.907. The van der Waals surface area contributed by atoms with Gasteiger partial charge in [-0.1, -0.05) is 22.9 Å². The molecule has 0 radical (unpaired) electrons. The Morgan fingerprint density at radius 2 is 1.84 bits per heavy atom. The molecule has 4 heteroatoms. The Morgan fingerprint density at radius 3 is 2.47 bits per heavy atom. The Bertz CT molecular complexity index is 467. The monoisotopic (exact) mass is 387 g/mol. The highest BCUT2D eigenvalue weighted by Gasteiger charge is 2.26. The van der Waals surface area contributed by atoms with Crippen molar-refractivity contribution >= 4 is 37.8 Å². The maximum Gasteiger partial charge on any atom is 0.255 e. The minimum absolute atomic E-state index is 0.104. The van der Waals surface area contributed by atoms with Gasteiger partial charge in [-0.3, -0.25) is 4.79 Å². The molecule has 1 amide bonds. The van der Waals surface area contributed by atoms with Crippen LogP contribution in [0.15, 0.2) is 27.1 Å². The Kier molecular flexibility index (Phi) is 5.07. The third-order valence-electron chi connectivity index (χ3n) is 4.01. The number of halogens is 2. The van der Waals surface area contributed by atoms with Crippen LogP contribution in [-0.2, 0) is 0 Å². The van der Waals surface area contributed by atoms with E-state index in [0.29, 0.717) is 6.04 Å². The summed E-state index contributed by atoms with van der Waals surface area (Å²) in [5.41, 5.74) is 0.732. The fourth-order valence-corrected chi connectivity index (χ4v) is 3.42. The third-order valence-corrected chi connectivity index (χ3v) is 5.20. The normalized spacial score (nSPS) is 23.2. The molecule has 1 aliphatic rings. The van der Waals surface area contributed by atoms with Crippen molar-refractivity contribution in [2.24, 2.45) is 5.92 Å². The second kappa shape index (κ2) is 6.40. The minimum Gasteiger partial charge on any atom is -0.339 e. The van der Waals surface area contributed by atoms with E-state index in [1.54, 1.807) is 0 Å². The number of hydrogen-bond acceptors (Lipinski definition) is 1. The second-order valence-electron chi connectivity index (χ2n) is 5.45. The summed E-state index contributed by atoms with van der Waals surface area (Å²) in [6.45, 7) is 2.29. The Hall–Kier alpha value is -0.350. The molecule has 1 fully saturated rings. The lowest BCUT2D eigenvalue weighted by molar-refractivity contribution is 0.0678. The predicted octanol–water partition coefficient (Wildman–Crippen LogP) is 4.86. The molecule has 0 atom stereocenters. The van der Waals surface area contributed by atoms with Crippen LogP contribution in [0.2, 0.25) is 0 Å². The summed E-state index contributed by atoms with van der Waals surface area (Å²) in [7, 11) is 1.93. The zero-order chi connectivity index (χ0) is 14.0. The van der Waals surface area contributed by atoms with Gasteiger partial charge < -0.3 is 4.90 Å². The van der Waals surface area contributed by atoms with Crippen LogP contribution in [0.3, 0.4) is 0 Å². The second-order valence-corrected chi connectivity index (χ2v) is 7.22. The lowest BCUT2D eigenvalue weighted by Crippen LogP contribution is -2.39. The fourth-order valence-electron chi connectivity index (χ4n) is 2.65. The van der Waals surface area contributed by atoms with Crippen LogP contribution < -0.4 is 0 Å². The van der Waals surface area contributed by atoms with Crippen molar-refractivity contribution in [2.45, 2.75) is 38.6 Å². The topological polar surface area (TPSA) is 20.3 Å². The van der Waals surface area contributed by atoms with E-state index >= 15 is 0 Å². The van der Waals surface area contributed by atoms with Gasteiger partial charge >= 0.3 is 0 Å². The van der Waals surface area contributed by atoms with E-state index in [4.69, 9.17) is 0 Å². The molecule has 0 bridgehead atoms. The lowest BCUT2D eigenvalue weighted by Gasteiger charge is -2.33. The summed E-state index contributed by atoms with van der Waals surface area (Å²) in [6.07, 6.45) is 4.69. The van der Waals surface area contributed by atoms with Crippen molar-refractivity contribution in [2.75, 3.05) is 7.05 Å². The maximum absolute atomic E-state index is 12.6. The van der Waals surface area contributed by atoms with Crippen molar-refractivity contribution in [1.29, 1.82) is 0 Å². The van der Waals surface area contributed by atoms with Crippen LogP contribution in [0.1, 0.15) is 43.0 Å². The smallest absolute Gasteiger partial charge is 0.255 e. The number of amides is 1. The molecule has 1 aromatic carbocycles. The van der Waals surface area contributed by atoms with E-state index < -0.39 is 0 Å². The SMILES string of the molecule is CC1CCC(N(C)C(=O)c2cc(Br)ccc2Br)CC1. The van der Waals surface area contributed by atoms with Gasteiger partial charge in [0.1, 0.15) is 0 Å². The van der Waals surface area contributed by atoms with E-state index in [1.165, 1.54) is 12.8 Å². The molecular formula is C15H19Br2NO. The largest absolute Gasteiger partial charge is 0.339 e. The quantitative estimate of drug-likeness (QED) is 0.708. The first kappa shape index (κ1) is 15.0. The number of nitrogens with zero attached hydrogens (tertiary/aromatic N) is 1. The molecule has 0 aromatic heterocycles. The van der Waals surface area contributed by atoms with Gasteiger partial charge in [0.05, 0.1) is 5.56 Å². The van der Waals surface area contributed by atoms with Gasteiger partial charge in [-0.05, 0) is 65.7 Å². The Morgan fingerprint density at radius 1 is 1.21 bits per heavy atom. The molecule has 1 aromatic rings. The van der Waals surface area contributed by atoms with Crippen molar-refractivity contribution in [3.8, 4) is 0 Å². The van der Waals surface area contributed by atoms with E-state index in [2.05, 4.69) is 38.8 Å². The van der Waals surface area contributed by atoms with Crippen LogP contribution in [0.5, 0.6) is 0 Å². The first-order chi connectivity index (χ1) is 8.99. The third kappa shape index (κ3) is 3.60. The zero-order valence-corrected chi connectivity index (χ0v) is 14.5. The van der Waals surface area contributed by atoms with Crippen LogP contribution in [0.25, 0.3) is 0 Å². The summed E-state index contributed by atoms with van der Waals surface area (Å²) in [6, 6.07) is 6.11. The van der Waals surface area contributed by atoms with Crippen molar-refractivity contribution in [1.82, 2.24) is 4.90 Å². The van der Waals surface area contributed by atoms with E-state index in [9.17, 15) is 4.79 Å². The predicted molar refractivity (Wildman–Crippen MR) is 85.4 cm³/mol. The van der Waals surface area contributed by atoms with Crippen LogP contribution in [0, 0.1) is 5.92 Å². The number of benzene rings is 1. The molecule has 0 N–H and O–H groups in total. The van der Waals surface area contributed by atoms with Gasteiger partial charge in [-0.15, -0.1) is 0 Å². The highest BCUT2D eigenvalue weighted by molar-refractivity contribution is 9.11. The van der Waals surface area contributed by atoms with E-state index in [0.717, 1.165) is 33.3 Å². The first-order valence-electron chi connectivity index (χ1n) is 6.71. The minimum atomic E-state index is 0.104. The van der Waals surface area contributed by atoms with Gasteiger partial charge in [-0.2, -0.15) is 0 Å². The molecule has 0 unspecified atom stereocenters. The van der Waals surface area contributed by atoms with Gasteiger partial charge in [-0.25, -0.2) is 0 Å². The molecule has 2 nitrogen and oxygen atoms in total. The van der Waals surface area contributed by atoms with Crippen molar-refractivity contribution in [3.63, 3.8) is 0 Å². The lowest BCUT2D eigenvalue weighted by atomic mass is 9.86.